The zero-order chi connectivity index (χ0) is 9.97. The number of hydrogen-bond acceptors (Lipinski definition) is 2. The molecule has 2 aromatic rings. The molecule has 0 radical (unpaired) electrons. The number of rotatable bonds is 1. The molecule has 0 spiro atoms. The quantitative estimate of drug-likeness (QED) is 0.679. The number of para-hydroxylation sites is 1. The summed E-state index contributed by atoms with van der Waals surface area (Å²) in [6.07, 6.45) is 0. The monoisotopic (exact) mass is 183 g/mol. The van der Waals surface area contributed by atoms with Crippen LogP contribution in [0.5, 0.6) is 0 Å². The van der Waals surface area contributed by atoms with Crippen molar-refractivity contribution in [1.82, 2.24) is 9.78 Å². The van der Waals surface area contributed by atoms with Gasteiger partial charge in [0.1, 0.15) is 11.8 Å². The molecule has 0 aliphatic carbocycles. The van der Waals surface area contributed by atoms with E-state index in [9.17, 15) is 0 Å². The van der Waals surface area contributed by atoms with Gasteiger partial charge in [-0.05, 0) is 25.1 Å². The van der Waals surface area contributed by atoms with Crippen LogP contribution in [-0.4, -0.2) is 9.78 Å². The second kappa shape index (κ2) is 3.35. The van der Waals surface area contributed by atoms with Crippen LogP contribution in [0.25, 0.3) is 5.69 Å². The van der Waals surface area contributed by atoms with Gasteiger partial charge in [0.15, 0.2) is 0 Å². The summed E-state index contributed by atoms with van der Waals surface area (Å²) >= 11 is 0. The van der Waals surface area contributed by atoms with Crippen molar-refractivity contribution in [2.24, 2.45) is 0 Å². The largest absolute Gasteiger partial charge is 0.223 e. The zero-order valence-electron chi connectivity index (χ0n) is 7.81. The summed E-state index contributed by atoms with van der Waals surface area (Å²) in [6.45, 7) is 1.88. The first-order valence-corrected chi connectivity index (χ1v) is 4.33. The van der Waals surface area contributed by atoms with Crippen LogP contribution in [-0.2, 0) is 0 Å². The molecule has 14 heavy (non-hydrogen) atoms. The van der Waals surface area contributed by atoms with Crippen molar-refractivity contribution in [1.29, 1.82) is 5.26 Å². The van der Waals surface area contributed by atoms with Crippen LogP contribution < -0.4 is 0 Å². The van der Waals surface area contributed by atoms with Gasteiger partial charge in [-0.2, -0.15) is 10.4 Å². The van der Waals surface area contributed by atoms with Gasteiger partial charge in [0, 0.05) is 0 Å². The second-order valence-electron chi connectivity index (χ2n) is 3.03. The Bertz CT molecular complexity index is 477. The smallest absolute Gasteiger partial charge is 0.144 e. The summed E-state index contributed by atoms with van der Waals surface area (Å²) in [5, 5.41) is 13.1. The van der Waals surface area contributed by atoms with Gasteiger partial charge in [-0.3, -0.25) is 0 Å². The van der Waals surface area contributed by atoms with Crippen LogP contribution in [0, 0.1) is 18.3 Å². The lowest BCUT2D eigenvalue weighted by Gasteiger charge is -2.00. The third-order valence-electron chi connectivity index (χ3n) is 1.95. The van der Waals surface area contributed by atoms with Gasteiger partial charge < -0.3 is 0 Å². The number of aromatic nitrogens is 2. The van der Waals surface area contributed by atoms with Crippen molar-refractivity contribution in [2.45, 2.75) is 6.92 Å². The van der Waals surface area contributed by atoms with E-state index < -0.39 is 0 Å². The minimum absolute atomic E-state index is 0.564. The van der Waals surface area contributed by atoms with Crippen LogP contribution in [0.1, 0.15) is 11.4 Å². The molecule has 3 heteroatoms. The molecule has 0 fully saturated rings. The number of benzene rings is 1. The molecule has 0 amide bonds. The lowest BCUT2D eigenvalue weighted by molar-refractivity contribution is 0.850. The van der Waals surface area contributed by atoms with E-state index in [0.717, 1.165) is 11.4 Å². The van der Waals surface area contributed by atoms with Crippen molar-refractivity contribution >= 4 is 0 Å². The Labute approximate surface area is 82.2 Å². The third-order valence-corrected chi connectivity index (χ3v) is 1.95. The number of hydrogen-bond donors (Lipinski definition) is 0. The van der Waals surface area contributed by atoms with Gasteiger partial charge in [-0.1, -0.05) is 18.2 Å². The molecular weight excluding hydrogens is 174 g/mol. The van der Waals surface area contributed by atoms with Crippen molar-refractivity contribution in [3.8, 4) is 11.8 Å². The lowest BCUT2D eigenvalue weighted by atomic mass is 10.3. The van der Waals surface area contributed by atoms with Gasteiger partial charge in [0.2, 0.25) is 0 Å². The maximum absolute atomic E-state index is 8.88. The van der Waals surface area contributed by atoms with E-state index in [2.05, 4.69) is 11.2 Å². The molecule has 1 heterocycles. The summed E-state index contributed by atoms with van der Waals surface area (Å²) in [7, 11) is 0. The Morgan fingerprint density at radius 2 is 2.00 bits per heavy atom. The van der Waals surface area contributed by atoms with E-state index in [-0.39, 0.29) is 0 Å². The molecule has 0 bridgehead atoms. The zero-order valence-corrected chi connectivity index (χ0v) is 7.81. The highest BCUT2D eigenvalue weighted by Gasteiger charge is 2.05. The van der Waals surface area contributed by atoms with Crippen LogP contribution in [0.3, 0.4) is 0 Å². The summed E-state index contributed by atoms with van der Waals surface area (Å²) in [4.78, 5) is 0. The Morgan fingerprint density at radius 1 is 1.29 bits per heavy atom. The number of aryl methyl sites for hydroxylation is 1. The van der Waals surface area contributed by atoms with E-state index >= 15 is 0 Å². The van der Waals surface area contributed by atoms with E-state index in [0.29, 0.717) is 5.69 Å². The van der Waals surface area contributed by atoms with Crippen molar-refractivity contribution in [3.05, 3.63) is 47.8 Å². The lowest BCUT2D eigenvalue weighted by Crippen LogP contribution is -1.98. The van der Waals surface area contributed by atoms with Crippen molar-refractivity contribution < 1.29 is 0 Å². The molecule has 0 saturated heterocycles. The van der Waals surface area contributed by atoms with Crippen molar-refractivity contribution in [2.75, 3.05) is 0 Å². The standard InChI is InChI=1S/C11H9N3/c1-9-7-11(8-12)14(13-9)10-5-3-2-4-6-10/h2-7H,1H3. The molecule has 68 valence electrons. The molecule has 0 N–H and O–H groups in total. The molecule has 0 atom stereocenters. The molecular formula is C11H9N3. The highest BCUT2D eigenvalue weighted by atomic mass is 15.3. The molecule has 1 aromatic carbocycles. The van der Waals surface area contributed by atoms with Gasteiger partial charge in [-0.15, -0.1) is 0 Å². The highest BCUT2D eigenvalue weighted by Crippen LogP contribution is 2.10. The Hall–Kier alpha value is -2.08. The Balaban J connectivity index is 2.58. The van der Waals surface area contributed by atoms with Crippen LogP contribution in [0.15, 0.2) is 36.4 Å². The minimum Gasteiger partial charge on any atom is -0.223 e. The summed E-state index contributed by atoms with van der Waals surface area (Å²) in [5.74, 6) is 0. The molecule has 3 nitrogen and oxygen atoms in total. The van der Waals surface area contributed by atoms with E-state index in [1.165, 1.54) is 0 Å². The average molecular weight is 183 g/mol. The summed E-state index contributed by atoms with van der Waals surface area (Å²) in [5.41, 5.74) is 2.33. The second-order valence-corrected chi connectivity index (χ2v) is 3.03. The summed E-state index contributed by atoms with van der Waals surface area (Å²) < 4.78 is 1.65. The van der Waals surface area contributed by atoms with E-state index in [4.69, 9.17) is 5.26 Å². The topological polar surface area (TPSA) is 41.6 Å². The maximum atomic E-state index is 8.88. The maximum Gasteiger partial charge on any atom is 0.144 e. The molecule has 2 rings (SSSR count). The van der Waals surface area contributed by atoms with Crippen LogP contribution >= 0.6 is 0 Å². The van der Waals surface area contributed by atoms with E-state index in [1.807, 2.05) is 37.3 Å². The molecule has 0 saturated carbocycles. The fourth-order valence-electron chi connectivity index (χ4n) is 1.35. The normalized spacial score (nSPS) is 9.71. The predicted molar refractivity (Wildman–Crippen MR) is 53.0 cm³/mol. The van der Waals surface area contributed by atoms with Gasteiger partial charge in [-0.25, -0.2) is 4.68 Å². The third kappa shape index (κ3) is 1.38. The molecule has 0 aliphatic heterocycles. The predicted octanol–water partition coefficient (Wildman–Crippen LogP) is 2.05. The Kier molecular flexibility index (Phi) is 2.04. The average Bonchev–Trinajstić information content (AvgIpc) is 2.61. The van der Waals surface area contributed by atoms with Gasteiger partial charge in [0.25, 0.3) is 0 Å². The first-order chi connectivity index (χ1) is 6.81. The molecule has 1 aromatic heterocycles. The van der Waals surface area contributed by atoms with Gasteiger partial charge in [0.05, 0.1) is 11.4 Å². The first-order valence-electron chi connectivity index (χ1n) is 4.33. The minimum atomic E-state index is 0.564. The van der Waals surface area contributed by atoms with Crippen LogP contribution in [0.4, 0.5) is 0 Å². The molecule has 0 unspecified atom stereocenters. The fourth-order valence-corrected chi connectivity index (χ4v) is 1.35. The molecule has 0 aliphatic rings. The number of nitrogens with zero attached hydrogens (tertiary/aromatic N) is 3. The Morgan fingerprint density at radius 3 is 2.64 bits per heavy atom. The van der Waals surface area contributed by atoms with Crippen LogP contribution in [0.2, 0.25) is 0 Å². The fraction of sp³-hybridized carbons (Fsp3) is 0.0909. The van der Waals surface area contributed by atoms with E-state index in [1.54, 1.807) is 10.7 Å². The number of nitriles is 1. The highest BCUT2D eigenvalue weighted by molar-refractivity contribution is 5.37. The van der Waals surface area contributed by atoms with Crippen molar-refractivity contribution in [3.63, 3.8) is 0 Å². The SMILES string of the molecule is Cc1cc(C#N)n(-c2ccccc2)n1. The first kappa shape index (κ1) is 8.52. The van der Waals surface area contributed by atoms with Gasteiger partial charge >= 0.3 is 0 Å². The summed E-state index contributed by atoms with van der Waals surface area (Å²) in [6, 6.07) is 13.5.